The molecular formula is C9H11NO3S. The van der Waals surface area contributed by atoms with Crippen LogP contribution in [-0.4, -0.2) is 14.2 Å². The summed E-state index contributed by atoms with van der Waals surface area (Å²) in [5.41, 5.74) is 1.73. The van der Waals surface area contributed by atoms with Gasteiger partial charge in [-0.05, 0) is 23.6 Å². The molecule has 14 heavy (non-hydrogen) atoms. The highest BCUT2D eigenvalue weighted by atomic mass is 32.2. The fourth-order valence-electron chi connectivity index (χ4n) is 1.76. The summed E-state index contributed by atoms with van der Waals surface area (Å²) in [7, 11) is -3.04. The van der Waals surface area contributed by atoms with Crippen molar-refractivity contribution in [2.75, 3.05) is 5.75 Å². The van der Waals surface area contributed by atoms with E-state index in [1.54, 1.807) is 12.1 Å². The lowest BCUT2D eigenvalue weighted by molar-refractivity contribution is 0.123. The van der Waals surface area contributed by atoms with Crippen LogP contribution in [0.4, 0.5) is 0 Å². The molecule has 1 aliphatic rings. The minimum atomic E-state index is -3.04. The number of sulfone groups is 1. The zero-order valence-corrected chi connectivity index (χ0v) is 8.38. The molecule has 0 aromatic heterocycles. The lowest BCUT2D eigenvalue weighted by Gasteiger charge is -2.04. The second-order valence-corrected chi connectivity index (χ2v) is 5.35. The first kappa shape index (κ1) is 9.64. The predicted molar refractivity (Wildman–Crippen MR) is 51.2 cm³/mol. The molecule has 5 heteroatoms. The Morgan fingerprint density at radius 2 is 2.21 bits per heavy atom. The van der Waals surface area contributed by atoms with Gasteiger partial charge in [0.05, 0.1) is 17.3 Å². The normalized spacial score (nSPS) is 18.1. The molecule has 0 amide bonds. The molecule has 2 N–H and O–H groups in total. The van der Waals surface area contributed by atoms with Crippen molar-refractivity contribution in [2.45, 2.75) is 17.9 Å². The van der Waals surface area contributed by atoms with Gasteiger partial charge in [-0.3, -0.25) is 4.84 Å². The molecule has 76 valence electrons. The van der Waals surface area contributed by atoms with Crippen LogP contribution in [0.15, 0.2) is 23.1 Å². The van der Waals surface area contributed by atoms with E-state index in [0.717, 1.165) is 11.1 Å². The van der Waals surface area contributed by atoms with E-state index in [2.05, 4.69) is 4.84 Å². The molecule has 1 aromatic rings. The van der Waals surface area contributed by atoms with E-state index in [1.165, 1.54) is 0 Å². The molecular weight excluding hydrogens is 202 g/mol. The predicted octanol–water partition coefficient (Wildman–Crippen LogP) is 0.407. The van der Waals surface area contributed by atoms with Crippen molar-refractivity contribution in [3.05, 3.63) is 29.3 Å². The first-order chi connectivity index (χ1) is 6.65. The number of hydrogen-bond acceptors (Lipinski definition) is 4. The van der Waals surface area contributed by atoms with Crippen molar-refractivity contribution in [1.29, 1.82) is 0 Å². The summed E-state index contributed by atoms with van der Waals surface area (Å²) in [5.74, 6) is 5.17. The summed E-state index contributed by atoms with van der Waals surface area (Å²) in [4.78, 5) is 4.96. The molecule has 0 spiro atoms. The Morgan fingerprint density at radius 1 is 1.43 bits per heavy atom. The second-order valence-electron chi connectivity index (χ2n) is 3.27. The Labute approximate surface area is 82.6 Å². The average Bonchev–Trinajstić information content (AvgIpc) is 2.45. The molecule has 0 radical (unpaired) electrons. The van der Waals surface area contributed by atoms with Gasteiger partial charge in [0.25, 0.3) is 0 Å². The Bertz CT molecular complexity index is 453. The van der Waals surface area contributed by atoms with Crippen LogP contribution in [0.3, 0.4) is 0 Å². The Hall–Kier alpha value is -0.910. The maximum Gasteiger partial charge on any atom is 0.178 e. The summed E-state index contributed by atoms with van der Waals surface area (Å²) < 4.78 is 23.1. The van der Waals surface area contributed by atoms with Gasteiger partial charge in [-0.15, -0.1) is 0 Å². The Kier molecular flexibility index (Phi) is 2.30. The minimum Gasteiger partial charge on any atom is -0.300 e. The SMILES string of the molecule is NOCc1cccc2c1CCS2(=O)=O. The maximum atomic E-state index is 11.5. The fourth-order valence-corrected chi connectivity index (χ4v) is 3.34. The van der Waals surface area contributed by atoms with Gasteiger partial charge in [-0.1, -0.05) is 12.1 Å². The third-order valence-electron chi connectivity index (χ3n) is 2.42. The van der Waals surface area contributed by atoms with Crippen molar-refractivity contribution < 1.29 is 13.3 Å². The van der Waals surface area contributed by atoms with E-state index < -0.39 is 9.84 Å². The molecule has 0 saturated carbocycles. The van der Waals surface area contributed by atoms with Crippen LogP contribution in [0.2, 0.25) is 0 Å². The molecule has 0 bridgehead atoms. The molecule has 0 fully saturated rings. The number of benzene rings is 1. The molecule has 1 aliphatic heterocycles. The monoisotopic (exact) mass is 213 g/mol. The molecule has 2 rings (SSSR count). The molecule has 1 aromatic carbocycles. The van der Waals surface area contributed by atoms with Gasteiger partial charge in [0.1, 0.15) is 0 Å². The van der Waals surface area contributed by atoms with Crippen LogP contribution < -0.4 is 5.90 Å². The van der Waals surface area contributed by atoms with Gasteiger partial charge >= 0.3 is 0 Å². The number of hydrogen-bond donors (Lipinski definition) is 1. The van der Waals surface area contributed by atoms with Crippen LogP contribution >= 0.6 is 0 Å². The quantitative estimate of drug-likeness (QED) is 0.722. The van der Waals surface area contributed by atoms with E-state index in [-0.39, 0.29) is 12.4 Å². The van der Waals surface area contributed by atoms with Gasteiger partial charge < -0.3 is 0 Å². The highest BCUT2D eigenvalue weighted by Crippen LogP contribution is 2.28. The van der Waals surface area contributed by atoms with Gasteiger partial charge in [0, 0.05) is 0 Å². The fraction of sp³-hybridized carbons (Fsp3) is 0.333. The van der Waals surface area contributed by atoms with E-state index in [0.29, 0.717) is 11.3 Å². The first-order valence-corrected chi connectivity index (χ1v) is 5.95. The van der Waals surface area contributed by atoms with Gasteiger partial charge in [-0.2, -0.15) is 0 Å². The van der Waals surface area contributed by atoms with Crippen LogP contribution in [0.1, 0.15) is 11.1 Å². The van der Waals surface area contributed by atoms with Crippen molar-refractivity contribution in [3.8, 4) is 0 Å². The Morgan fingerprint density at radius 3 is 2.93 bits per heavy atom. The molecule has 4 nitrogen and oxygen atoms in total. The smallest absolute Gasteiger partial charge is 0.178 e. The molecule has 0 aliphatic carbocycles. The minimum absolute atomic E-state index is 0.198. The number of rotatable bonds is 2. The zero-order valence-electron chi connectivity index (χ0n) is 7.56. The van der Waals surface area contributed by atoms with E-state index >= 15 is 0 Å². The summed E-state index contributed by atoms with van der Waals surface area (Å²) in [6.45, 7) is 0.263. The second kappa shape index (κ2) is 3.34. The van der Waals surface area contributed by atoms with Crippen LogP contribution in [0.25, 0.3) is 0 Å². The van der Waals surface area contributed by atoms with Gasteiger partial charge in [-0.25, -0.2) is 14.3 Å². The topological polar surface area (TPSA) is 69.4 Å². The summed E-state index contributed by atoms with van der Waals surface area (Å²) in [6, 6.07) is 5.19. The standard InChI is InChI=1S/C9H11NO3S/c10-13-6-7-2-1-3-9-8(7)4-5-14(9,11)12/h1-3H,4-6,10H2. The van der Waals surface area contributed by atoms with Crippen molar-refractivity contribution in [2.24, 2.45) is 5.90 Å². The third-order valence-corrected chi connectivity index (χ3v) is 4.22. The Balaban J connectivity index is 2.56. The summed E-state index contributed by atoms with van der Waals surface area (Å²) >= 11 is 0. The van der Waals surface area contributed by atoms with Crippen LogP contribution in [0.5, 0.6) is 0 Å². The van der Waals surface area contributed by atoms with Gasteiger partial charge in [0.15, 0.2) is 9.84 Å². The van der Waals surface area contributed by atoms with Gasteiger partial charge in [0.2, 0.25) is 0 Å². The van der Waals surface area contributed by atoms with Crippen molar-refractivity contribution in [1.82, 2.24) is 0 Å². The summed E-state index contributed by atoms with van der Waals surface area (Å²) in [5, 5.41) is 0. The zero-order chi connectivity index (χ0) is 10.2. The molecule has 1 heterocycles. The maximum absolute atomic E-state index is 11.5. The van der Waals surface area contributed by atoms with E-state index in [1.807, 2.05) is 6.07 Å². The van der Waals surface area contributed by atoms with Crippen molar-refractivity contribution in [3.63, 3.8) is 0 Å². The van der Waals surface area contributed by atoms with Crippen LogP contribution in [-0.2, 0) is 27.7 Å². The lowest BCUT2D eigenvalue weighted by Crippen LogP contribution is -2.02. The van der Waals surface area contributed by atoms with E-state index in [4.69, 9.17) is 5.90 Å². The lowest BCUT2D eigenvalue weighted by atomic mass is 10.1. The average molecular weight is 213 g/mol. The highest BCUT2D eigenvalue weighted by molar-refractivity contribution is 7.91. The largest absolute Gasteiger partial charge is 0.300 e. The molecule has 0 saturated heterocycles. The molecule has 0 atom stereocenters. The van der Waals surface area contributed by atoms with E-state index in [9.17, 15) is 8.42 Å². The summed E-state index contributed by atoms with van der Waals surface area (Å²) in [6.07, 6.45) is 0.567. The highest BCUT2D eigenvalue weighted by Gasteiger charge is 2.27. The molecule has 0 unspecified atom stereocenters. The van der Waals surface area contributed by atoms with Crippen LogP contribution in [0, 0.1) is 0 Å². The van der Waals surface area contributed by atoms with Crippen molar-refractivity contribution >= 4 is 9.84 Å². The number of fused-ring (bicyclic) bond motifs is 1. The third kappa shape index (κ3) is 1.43. The number of nitrogens with two attached hydrogens (primary N) is 1. The first-order valence-electron chi connectivity index (χ1n) is 4.30.